The maximum absolute atomic E-state index is 12.0. The fourth-order valence-electron chi connectivity index (χ4n) is 2.21. The third-order valence-corrected chi connectivity index (χ3v) is 5.10. The van der Waals surface area contributed by atoms with Gasteiger partial charge in [-0.3, -0.25) is 9.48 Å². The number of amides is 1. The molecule has 1 aliphatic rings. The Bertz CT molecular complexity index is 566. The van der Waals surface area contributed by atoms with Gasteiger partial charge in [-0.25, -0.2) is 8.42 Å². The lowest BCUT2D eigenvalue weighted by molar-refractivity contribution is -0.121. The van der Waals surface area contributed by atoms with Crippen molar-refractivity contribution in [1.82, 2.24) is 19.4 Å². The highest BCUT2D eigenvalue weighted by Gasteiger charge is 2.32. The summed E-state index contributed by atoms with van der Waals surface area (Å²) in [6, 6.07) is 1.54. The molecule has 2 heterocycles. The Balaban J connectivity index is 2.27. The molecule has 1 aromatic heterocycles. The fourth-order valence-corrected chi connectivity index (χ4v) is 3.31. The van der Waals surface area contributed by atoms with Crippen molar-refractivity contribution in [1.29, 1.82) is 0 Å². The molecule has 0 bridgehead atoms. The van der Waals surface area contributed by atoms with Crippen LogP contribution in [-0.4, -0.2) is 47.8 Å². The SMILES string of the molecule is CCS(=O)(=O)N1Cc2ccnn2C(CC(=O)NC)C1. The van der Waals surface area contributed by atoms with Gasteiger partial charge < -0.3 is 5.32 Å². The van der Waals surface area contributed by atoms with E-state index < -0.39 is 10.0 Å². The average Bonchev–Trinajstić information content (AvgIpc) is 2.87. The molecule has 0 radical (unpaired) electrons. The van der Waals surface area contributed by atoms with Gasteiger partial charge in [0.2, 0.25) is 15.9 Å². The number of fused-ring (bicyclic) bond motifs is 1. The second-order valence-electron chi connectivity index (χ2n) is 4.49. The fraction of sp³-hybridized carbons (Fsp3) is 0.636. The molecule has 1 amide bonds. The van der Waals surface area contributed by atoms with E-state index in [1.807, 2.05) is 0 Å². The molecule has 106 valence electrons. The first-order chi connectivity index (χ1) is 8.97. The second-order valence-corrected chi connectivity index (χ2v) is 6.75. The molecular weight excluding hydrogens is 268 g/mol. The van der Waals surface area contributed by atoms with Crippen LogP contribution in [0.4, 0.5) is 0 Å². The minimum atomic E-state index is -3.26. The Labute approximate surface area is 112 Å². The molecular formula is C11H18N4O3S. The summed E-state index contributed by atoms with van der Waals surface area (Å²) in [6.07, 6.45) is 1.86. The van der Waals surface area contributed by atoms with E-state index in [9.17, 15) is 13.2 Å². The van der Waals surface area contributed by atoms with E-state index in [-0.39, 0.29) is 30.7 Å². The zero-order valence-electron chi connectivity index (χ0n) is 11.0. The molecule has 1 unspecified atom stereocenters. The largest absolute Gasteiger partial charge is 0.359 e. The molecule has 1 atom stereocenters. The van der Waals surface area contributed by atoms with Gasteiger partial charge >= 0.3 is 0 Å². The number of nitrogens with one attached hydrogen (secondary N) is 1. The number of carbonyl (C=O) groups excluding carboxylic acids is 1. The van der Waals surface area contributed by atoms with Crippen LogP contribution < -0.4 is 5.32 Å². The van der Waals surface area contributed by atoms with E-state index in [0.717, 1.165) is 5.69 Å². The van der Waals surface area contributed by atoms with Crippen LogP contribution in [-0.2, 0) is 21.4 Å². The Hall–Kier alpha value is -1.41. The molecule has 0 aliphatic carbocycles. The molecule has 0 fully saturated rings. The molecule has 8 heteroatoms. The van der Waals surface area contributed by atoms with Crippen molar-refractivity contribution in [2.45, 2.75) is 25.9 Å². The highest BCUT2D eigenvalue weighted by molar-refractivity contribution is 7.89. The summed E-state index contributed by atoms with van der Waals surface area (Å²) >= 11 is 0. The van der Waals surface area contributed by atoms with Crippen LogP contribution >= 0.6 is 0 Å². The highest BCUT2D eigenvalue weighted by atomic mass is 32.2. The molecule has 1 aliphatic heterocycles. The van der Waals surface area contributed by atoms with Crippen LogP contribution in [0.1, 0.15) is 25.1 Å². The maximum atomic E-state index is 12.0. The smallest absolute Gasteiger partial charge is 0.221 e. The Morgan fingerprint density at radius 2 is 2.32 bits per heavy atom. The first kappa shape index (κ1) is 14.0. The summed E-state index contributed by atoms with van der Waals surface area (Å²) in [6.45, 7) is 2.23. The van der Waals surface area contributed by atoms with Gasteiger partial charge in [-0.05, 0) is 13.0 Å². The molecule has 2 rings (SSSR count). The number of rotatable bonds is 4. The van der Waals surface area contributed by atoms with Crippen molar-refractivity contribution in [2.75, 3.05) is 19.3 Å². The average molecular weight is 286 g/mol. The van der Waals surface area contributed by atoms with Crippen LogP contribution in [0.2, 0.25) is 0 Å². The minimum Gasteiger partial charge on any atom is -0.359 e. The van der Waals surface area contributed by atoms with Gasteiger partial charge in [0.25, 0.3) is 0 Å². The normalized spacial score (nSPS) is 20.0. The van der Waals surface area contributed by atoms with Crippen molar-refractivity contribution in [3.05, 3.63) is 18.0 Å². The summed E-state index contributed by atoms with van der Waals surface area (Å²) in [5.41, 5.74) is 0.817. The van der Waals surface area contributed by atoms with Gasteiger partial charge in [-0.15, -0.1) is 0 Å². The minimum absolute atomic E-state index is 0.0633. The number of aromatic nitrogens is 2. The van der Waals surface area contributed by atoms with Crippen LogP contribution in [0.15, 0.2) is 12.3 Å². The van der Waals surface area contributed by atoms with Crippen molar-refractivity contribution in [3.63, 3.8) is 0 Å². The number of carbonyl (C=O) groups is 1. The number of hydrogen-bond acceptors (Lipinski definition) is 4. The van der Waals surface area contributed by atoms with Gasteiger partial charge in [-0.2, -0.15) is 9.40 Å². The summed E-state index contributed by atoms with van der Waals surface area (Å²) in [5, 5.41) is 6.74. The molecule has 1 aromatic rings. The third kappa shape index (κ3) is 2.79. The van der Waals surface area contributed by atoms with Crippen molar-refractivity contribution < 1.29 is 13.2 Å². The van der Waals surface area contributed by atoms with E-state index in [2.05, 4.69) is 10.4 Å². The zero-order chi connectivity index (χ0) is 14.0. The number of nitrogens with zero attached hydrogens (tertiary/aromatic N) is 3. The van der Waals surface area contributed by atoms with Crippen LogP contribution in [0.25, 0.3) is 0 Å². The number of sulfonamides is 1. The first-order valence-electron chi connectivity index (χ1n) is 6.18. The Morgan fingerprint density at radius 3 is 2.95 bits per heavy atom. The quantitative estimate of drug-likeness (QED) is 0.825. The molecule has 0 saturated heterocycles. The van der Waals surface area contributed by atoms with E-state index in [1.54, 1.807) is 30.9 Å². The molecule has 0 saturated carbocycles. The second kappa shape index (κ2) is 5.30. The Morgan fingerprint density at radius 1 is 1.58 bits per heavy atom. The van der Waals surface area contributed by atoms with Gasteiger partial charge in [0.1, 0.15) is 0 Å². The highest BCUT2D eigenvalue weighted by Crippen LogP contribution is 2.25. The van der Waals surface area contributed by atoms with E-state index in [1.165, 1.54) is 4.31 Å². The maximum Gasteiger partial charge on any atom is 0.221 e. The van der Waals surface area contributed by atoms with E-state index >= 15 is 0 Å². The first-order valence-corrected chi connectivity index (χ1v) is 7.79. The van der Waals surface area contributed by atoms with Crippen LogP contribution in [0, 0.1) is 0 Å². The summed E-state index contributed by atoms with van der Waals surface area (Å²) in [7, 11) is -1.69. The molecule has 19 heavy (non-hydrogen) atoms. The summed E-state index contributed by atoms with van der Waals surface area (Å²) in [4.78, 5) is 11.5. The van der Waals surface area contributed by atoms with Crippen molar-refractivity contribution in [2.24, 2.45) is 0 Å². The van der Waals surface area contributed by atoms with E-state index in [4.69, 9.17) is 0 Å². The third-order valence-electron chi connectivity index (χ3n) is 3.31. The monoisotopic (exact) mass is 286 g/mol. The lowest BCUT2D eigenvalue weighted by Gasteiger charge is -2.32. The molecule has 7 nitrogen and oxygen atoms in total. The Kier molecular flexibility index (Phi) is 3.91. The van der Waals surface area contributed by atoms with Gasteiger partial charge in [0, 0.05) is 19.8 Å². The summed E-state index contributed by atoms with van der Waals surface area (Å²) < 4.78 is 27.1. The van der Waals surface area contributed by atoms with Crippen molar-refractivity contribution in [3.8, 4) is 0 Å². The van der Waals surface area contributed by atoms with Gasteiger partial charge in [0.15, 0.2) is 0 Å². The standard InChI is InChI=1S/C11H18N4O3S/c1-3-19(17,18)14-7-9-4-5-13-15(9)10(8-14)6-11(16)12-2/h4-5,10H,3,6-8H2,1-2H3,(H,12,16). The van der Waals surface area contributed by atoms with Gasteiger partial charge in [-0.1, -0.05) is 0 Å². The van der Waals surface area contributed by atoms with Crippen LogP contribution in [0.5, 0.6) is 0 Å². The molecule has 0 spiro atoms. The zero-order valence-corrected chi connectivity index (χ0v) is 11.9. The lowest BCUT2D eigenvalue weighted by Crippen LogP contribution is -2.43. The van der Waals surface area contributed by atoms with Crippen molar-refractivity contribution >= 4 is 15.9 Å². The van der Waals surface area contributed by atoms with E-state index in [0.29, 0.717) is 6.54 Å². The predicted molar refractivity (Wildman–Crippen MR) is 69.8 cm³/mol. The predicted octanol–water partition coefficient (Wildman–Crippen LogP) is -0.274. The van der Waals surface area contributed by atoms with Crippen LogP contribution in [0.3, 0.4) is 0 Å². The lowest BCUT2D eigenvalue weighted by atomic mass is 10.1. The number of hydrogen-bond donors (Lipinski definition) is 1. The van der Waals surface area contributed by atoms with Gasteiger partial charge in [0.05, 0.1) is 30.5 Å². The molecule has 0 aromatic carbocycles. The molecule has 1 N–H and O–H groups in total. The summed E-state index contributed by atoms with van der Waals surface area (Å²) in [5.74, 6) is -0.0596. The topological polar surface area (TPSA) is 84.3 Å².